The van der Waals surface area contributed by atoms with E-state index in [0.29, 0.717) is 0 Å². The molecule has 0 saturated heterocycles. The number of rotatable bonds is 2. The Bertz CT molecular complexity index is 436. The SMILES string of the molecule is COC(=O)C12CC(NC(=O)OC(C)(C)C)(C1)C2(F)F. The predicted octanol–water partition coefficient (Wildman–Crippen LogP) is 1.85. The van der Waals surface area contributed by atoms with Gasteiger partial charge in [-0.2, -0.15) is 0 Å². The standard InChI is InChI=1S/C12H17F2NO4/c1-9(2,3)19-8(17)15-11-5-10(6-11,7(16)18-4)12(11,13)14/h5-6H2,1-4H3,(H,15,17). The maximum Gasteiger partial charge on any atom is 0.408 e. The summed E-state index contributed by atoms with van der Waals surface area (Å²) in [6.45, 7) is 4.92. The molecule has 0 radical (unpaired) electrons. The Balaban J connectivity index is 2.03. The number of alkyl halides is 2. The molecule has 0 heterocycles. The van der Waals surface area contributed by atoms with Crippen molar-refractivity contribution in [2.24, 2.45) is 5.41 Å². The summed E-state index contributed by atoms with van der Waals surface area (Å²) in [5.74, 6) is -4.21. The van der Waals surface area contributed by atoms with Crippen LogP contribution in [0.3, 0.4) is 0 Å². The molecule has 3 fully saturated rings. The van der Waals surface area contributed by atoms with E-state index in [1.54, 1.807) is 20.8 Å². The third kappa shape index (κ3) is 1.63. The summed E-state index contributed by atoms with van der Waals surface area (Å²) in [5, 5.41) is 2.19. The van der Waals surface area contributed by atoms with E-state index < -0.39 is 34.5 Å². The minimum absolute atomic E-state index is 0.112. The molecular formula is C12H17F2NO4. The molecule has 0 atom stereocenters. The molecule has 0 aromatic heterocycles. The van der Waals surface area contributed by atoms with E-state index in [1.165, 1.54) is 0 Å². The zero-order valence-corrected chi connectivity index (χ0v) is 11.3. The molecule has 1 N–H and O–H groups in total. The third-order valence-electron chi connectivity index (χ3n) is 3.73. The van der Waals surface area contributed by atoms with Crippen LogP contribution in [0.4, 0.5) is 13.6 Å². The lowest BCUT2D eigenvalue weighted by molar-refractivity contribution is -0.358. The van der Waals surface area contributed by atoms with E-state index in [1.807, 2.05) is 0 Å². The molecule has 3 saturated carbocycles. The summed E-state index contributed by atoms with van der Waals surface area (Å²) >= 11 is 0. The van der Waals surface area contributed by atoms with Gasteiger partial charge in [-0.15, -0.1) is 0 Å². The van der Waals surface area contributed by atoms with Crippen LogP contribution in [0.2, 0.25) is 0 Å². The second-order valence-electron chi connectivity index (χ2n) is 6.21. The van der Waals surface area contributed by atoms with Crippen LogP contribution < -0.4 is 5.32 Å². The van der Waals surface area contributed by atoms with E-state index in [0.717, 1.165) is 7.11 Å². The minimum Gasteiger partial charge on any atom is -0.468 e. The molecule has 1 amide bonds. The number of amides is 1. The van der Waals surface area contributed by atoms with Crippen molar-refractivity contribution in [2.75, 3.05) is 7.11 Å². The number of alkyl carbamates (subject to hydrolysis) is 1. The molecule has 2 bridgehead atoms. The molecule has 3 rings (SSSR count). The molecule has 3 aliphatic rings. The summed E-state index contributed by atoms with van der Waals surface area (Å²) in [6, 6.07) is 0. The van der Waals surface area contributed by atoms with Crippen molar-refractivity contribution >= 4 is 12.1 Å². The highest BCUT2D eigenvalue weighted by Crippen LogP contribution is 2.76. The van der Waals surface area contributed by atoms with Gasteiger partial charge in [0.2, 0.25) is 0 Å². The van der Waals surface area contributed by atoms with Crippen molar-refractivity contribution in [1.82, 2.24) is 5.32 Å². The summed E-state index contributed by atoms with van der Waals surface area (Å²) in [7, 11) is 1.08. The molecule has 5 nitrogen and oxygen atoms in total. The van der Waals surface area contributed by atoms with Crippen LogP contribution in [0.15, 0.2) is 0 Å². The van der Waals surface area contributed by atoms with Gasteiger partial charge in [0, 0.05) is 0 Å². The third-order valence-corrected chi connectivity index (χ3v) is 3.73. The molecule has 0 unspecified atom stereocenters. The average Bonchev–Trinajstić information content (AvgIpc) is 2.19. The molecule has 108 valence electrons. The highest BCUT2D eigenvalue weighted by atomic mass is 19.3. The van der Waals surface area contributed by atoms with Gasteiger partial charge in [-0.3, -0.25) is 4.79 Å². The van der Waals surface area contributed by atoms with Crippen LogP contribution in [0.5, 0.6) is 0 Å². The Morgan fingerprint density at radius 1 is 1.21 bits per heavy atom. The number of ether oxygens (including phenoxy) is 2. The molecule has 19 heavy (non-hydrogen) atoms. The molecule has 0 aromatic rings. The minimum atomic E-state index is -3.29. The van der Waals surface area contributed by atoms with Gasteiger partial charge in [0.25, 0.3) is 5.92 Å². The highest BCUT2D eigenvalue weighted by molar-refractivity contribution is 5.86. The number of hydrogen-bond acceptors (Lipinski definition) is 4. The maximum atomic E-state index is 14.0. The fourth-order valence-electron chi connectivity index (χ4n) is 2.80. The van der Waals surface area contributed by atoms with Crippen molar-refractivity contribution < 1.29 is 27.8 Å². The van der Waals surface area contributed by atoms with E-state index in [9.17, 15) is 18.4 Å². The Morgan fingerprint density at radius 2 is 1.74 bits per heavy atom. The van der Waals surface area contributed by atoms with Crippen LogP contribution in [0, 0.1) is 5.41 Å². The number of hydrogen-bond donors (Lipinski definition) is 1. The van der Waals surface area contributed by atoms with Gasteiger partial charge >= 0.3 is 12.1 Å². The number of esters is 1. The van der Waals surface area contributed by atoms with Crippen molar-refractivity contribution in [3.8, 4) is 0 Å². The number of nitrogens with one attached hydrogen (secondary N) is 1. The van der Waals surface area contributed by atoms with Gasteiger partial charge < -0.3 is 14.8 Å². The summed E-state index contributed by atoms with van der Waals surface area (Å²) in [6.07, 6.45) is -1.12. The lowest BCUT2D eigenvalue weighted by Crippen LogP contribution is -2.91. The second kappa shape index (κ2) is 3.58. The second-order valence-corrected chi connectivity index (χ2v) is 6.21. The zero-order chi connectivity index (χ0) is 14.7. The number of carbonyl (C=O) groups is 2. The number of methoxy groups -OCH3 is 1. The van der Waals surface area contributed by atoms with Gasteiger partial charge in [-0.25, -0.2) is 13.6 Å². The Hall–Kier alpha value is -1.40. The molecule has 0 aliphatic heterocycles. The van der Waals surface area contributed by atoms with Gasteiger partial charge in [0.1, 0.15) is 16.6 Å². The highest BCUT2D eigenvalue weighted by Gasteiger charge is 2.92. The zero-order valence-electron chi connectivity index (χ0n) is 11.3. The quantitative estimate of drug-likeness (QED) is 0.782. The van der Waals surface area contributed by atoms with Crippen LogP contribution in [0.1, 0.15) is 33.6 Å². The topological polar surface area (TPSA) is 64.6 Å². The van der Waals surface area contributed by atoms with Crippen LogP contribution >= 0.6 is 0 Å². The van der Waals surface area contributed by atoms with E-state index in [4.69, 9.17) is 4.74 Å². The van der Waals surface area contributed by atoms with Crippen molar-refractivity contribution in [3.63, 3.8) is 0 Å². The average molecular weight is 277 g/mol. The smallest absolute Gasteiger partial charge is 0.408 e. The van der Waals surface area contributed by atoms with Crippen molar-refractivity contribution in [1.29, 1.82) is 0 Å². The number of halogens is 2. The number of carbonyl (C=O) groups excluding carboxylic acids is 2. The van der Waals surface area contributed by atoms with Crippen LogP contribution in [-0.4, -0.2) is 36.2 Å². The first kappa shape index (κ1) is 14.0. The molecule has 3 aliphatic carbocycles. The Kier molecular flexibility index (Phi) is 2.64. The fraction of sp³-hybridized carbons (Fsp3) is 0.833. The first-order chi connectivity index (χ1) is 8.50. The van der Waals surface area contributed by atoms with Crippen molar-refractivity contribution in [2.45, 2.75) is 50.7 Å². The van der Waals surface area contributed by atoms with Gasteiger partial charge in [-0.05, 0) is 33.6 Å². The Morgan fingerprint density at radius 3 is 2.11 bits per heavy atom. The van der Waals surface area contributed by atoms with E-state index in [2.05, 4.69) is 10.1 Å². The summed E-state index contributed by atoms with van der Waals surface area (Å²) < 4.78 is 37.2. The molecule has 0 spiro atoms. The molecule has 7 heteroatoms. The lowest BCUT2D eigenvalue weighted by atomic mass is 9.36. The first-order valence-corrected chi connectivity index (χ1v) is 5.97. The predicted molar refractivity (Wildman–Crippen MR) is 60.7 cm³/mol. The lowest BCUT2D eigenvalue weighted by Gasteiger charge is -2.72. The monoisotopic (exact) mass is 277 g/mol. The summed E-state index contributed by atoms with van der Waals surface area (Å²) in [4.78, 5) is 22.9. The van der Waals surface area contributed by atoms with Crippen LogP contribution in [0.25, 0.3) is 0 Å². The first-order valence-electron chi connectivity index (χ1n) is 5.97. The van der Waals surface area contributed by atoms with Gasteiger partial charge in [-0.1, -0.05) is 0 Å². The largest absolute Gasteiger partial charge is 0.468 e. The van der Waals surface area contributed by atoms with E-state index in [-0.39, 0.29) is 12.8 Å². The van der Waals surface area contributed by atoms with Crippen molar-refractivity contribution in [3.05, 3.63) is 0 Å². The Labute approximate surface area is 109 Å². The fourth-order valence-corrected chi connectivity index (χ4v) is 2.80. The molecular weight excluding hydrogens is 260 g/mol. The summed E-state index contributed by atoms with van der Waals surface area (Å²) in [5.41, 5.74) is -4.19. The molecule has 0 aromatic carbocycles. The van der Waals surface area contributed by atoms with Crippen LogP contribution in [-0.2, 0) is 14.3 Å². The van der Waals surface area contributed by atoms with Gasteiger partial charge in [0.15, 0.2) is 0 Å². The van der Waals surface area contributed by atoms with E-state index >= 15 is 0 Å². The van der Waals surface area contributed by atoms with Gasteiger partial charge in [0.05, 0.1) is 7.11 Å². The normalized spacial score (nSPS) is 34.6. The maximum absolute atomic E-state index is 14.0.